The summed E-state index contributed by atoms with van der Waals surface area (Å²) in [6, 6.07) is 17.7. The van der Waals surface area contributed by atoms with Crippen molar-refractivity contribution in [3.8, 4) is 0 Å². The van der Waals surface area contributed by atoms with Crippen LogP contribution in [0, 0.1) is 0 Å². The zero-order valence-corrected chi connectivity index (χ0v) is 14.5. The van der Waals surface area contributed by atoms with Gasteiger partial charge in [-0.3, -0.25) is 9.59 Å². The second kappa shape index (κ2) is 7.51. The van der Waals surface area contributed by atoms with E-state index in [1.165, 1.54) is 5.56 Å². The minimum absolute atomic E-state index is 0.192. The summed E-state index contributed by atoms with van der Waals surface area (Å²) in [6.45, 7) is 2.68. The van der Waals surface area contributed by atoms with Crippen LogP contribution in [0.15, 0.2) is 54.6 Å². The number of nitrogens with two attached hydrogens (primary N) is 1. The van der Waals surface area contributed by atoms with Gasteiger partial charge < -0.3 is 10.6 Å². The minimum Gasteiger partial charge on any atom is -0.366 e. The molecule has 4 nitrogen and oxygen atoms in total. The Balaban J connectivity index is 1.66. The van der Waals surface area contributed by atoms with Crippen LogP contribution in [0.1, 0.15) is 53.6 Å². The predicted molar refractivity (Wildman–Crippen MR) is 98.0 cm³/mol. The van der Waals surface area contributed by atoms with E-state index in [0.717, 1.165) is 18.4 Å². The van der Waals surface area contributed by atoms with Crippen LogP contribution in [0.2, 0.25) is 0 Å². The maximum atomic E-state index is 12.8. The lowest BCUT2D eigenvalue weighted by molar-refractivity contribution is -0.132. The molecule has 0 saturated heterocycles. The molecule has 0 aliphatic heterocycles. The van der Waals surface area contributed by atoms with E-state index in [0.29, 0.717) is 24.6 Å². The lowest BCUT2D eigenvalue weighted by atomic mass is 9.97. The molecule has 1 atom stereocenters. The Morgan fingerprint density at radius 1 is 1.08 bits per heavy atom. The van der Waals surface area contributed by atoms with Gasteiger partial charge in [-0.2, -0.15) is 0 Å². The third-order valence-electron chi connectivity index (χ3n) is 4.75. The highest BCUT2D eigenvalue weighted by molar-refractivity contribution is 5.92. The second-order valence-corrected chi connectivity index (χ2v) is 6.83. The SMILES string of the molecule is CC(CC(=O)N(Cc1ccc(C(N)=O)cc1)C1CC1)c1ccccc1. The van der Waals surface area contributed by atoms with Gasteiger partial charge >= 0.3 is 0 Å². The fraction of sp³-hybridized carbons (Fsp3) is 0.333. The quantitative estimate of drug-likeness (QED) is 0.841. The van der Waals surface area contributed by atoms with Gasteiger partial charge in [-0.05, 0) is 42.0 Å². The van der Waals surface area contributed by atoms with E-state index in [2.05, 4.69) is 19.1 Å². The largest absolute Gasteiger partial charge is 0.366 e. The number of hydrogen-bond acceptors (Lipinski definition) is 2. The lowest BCUT2D eigenvalue weighted by Crippen LogP contribution is -2.33. The van der Waals surface area contributed by atoms with Crippen molar-refractivity contribution < 1.29 is 9.59 Å². The van der Waals surface area contributed by atoms with Crippen LogP contribution in [0.4, 0.5) is 0 Å². The summed E-state index contributed by atoms with van der Waals surface area (Å²) in [5, 5.41) is 0. The van der Waals surface area contributed by atoms with Crippen molar-refractivity contribution in [3.05, 3.63) is 71.3 Å². The number of hydrogen-bond donors (Lipinski definition) is 1. The van der Waals surface area contributed by atoms with Crippen molar-refractivity contribution in [2.24, 2.45) is 5.73 Å². The molecule has 0 aromatic heterocycles. The van der Waals surface area contributed by atoms with E-state index in [1.54, 1.807) is 12.1 Å². The highest BCUT2D eigenvalue weighted by Crippen LogP contribution is 2.30. The van der Waals surface area contributed by atoms with E-state index in [-0.39, 0.29) is 11.8 Å². The lowest BCUT2D eigenvalue weighted by Gasteiger charge is -2.24. The third-order valence-corrected chi connectivity index (χ3v) is 4.75. The molecule has 2 amide bonds. The highest BCUT2D eigenvalue weighted by atomic mass is 16.2. The van der Waals surface area contributed by atoms with Crippen LogP contribution < -0.4 is 5.73 Å². The van der Waals surface area contributed by atoms with Crippen LogP contribution in [0.5, 0.6) is 0 Å². The molecule has 1 aliphatic carbocycles. The first kappa shape index (κ1) is 17.2. The summed E-state index contributed by atoms with van der Waals surface area (Å²) >= 11 is 0. The first-order chi connectivity index (χ1) is 12.0. The van der Waals surface area contributed by atoms with Gasteiger partial charge in [-0.1, -0.05) is 49.4 Å². The monoisotopic (exact) mass is 336 g/mol. The average Bonchev–Trinajstić information content (AvgIpc) is 3.45. The minimum atomic E-state index is -0.432. The molecular weight excluding hydrogens is 312 g/mol. The van der Waals surface area contributed by atoms with Crippen molar-refractivity contribution >= 4 is 11.8 Å². The van der Waals surface area contributed by atoms with Crippen molar-refractivity contribution in [3.63, 3.8) is 0 Å². The van der Waals surface area contributed by atoms with E-state index < -0.39 is 5.91 Å². The summed E-state index contributed by atoms with van der Waals surface area (Å²) in [5.74, 6) is -0.0385. The summed E-state index contributed by atoms with van der Waals surface area (Å²) < 4.78 is 0. The summed E-state index contributed by atoms with van der Waals surface area (Å²) in [4.78, 5) is 26.0. The van der Waals surface area contributed by atoms with Gasteiger partial charge in [-0.15, -0.1) is 0 Å². The summed E-state index contributed by atoms with van der Waals surface area (Å²) in [5.41, 5.74) is 7.99. The standard InChI is InChI=1S/C21H24N2O2/c1-15(17-5-3-2-4-6-17)13-20(24)23(19-11-12-19)14-16-7-9-18(10-8-16)21(22)25/h2-10,15,19H,11-14H2,1H3,(H2,22,25). The van der Waals surface area contributed by atoms with Crippen LogP contribution in [0.3, 0.4) is 0 Å². The van der Waals surface area contributed by atoms with Crippen molar-refractivity contribution in [2.75, 3.05) is 0 Å². The summed E-state index contributed by atoms with van der Waals surface area (Å²) in [7, 11) is 0. The van der Waals surface area contributed by atoms with E-state index in [9.17, 15) is 9.59 Å². The number of carbonyl (C=O) groups excluding carboxylic acids is 2. The molecule has 1 aliphatic rings. The smallest absolute Gasteiger partial charge is 0.248 e. The summed E-state index contributed by atoms with van der Waals surface area (Å²) in [6.07, 6.45) is 2.66. The fourth-order valence-corrected chi connectivity index (χ4v) is 3.06. The normalized spacial score (nSPS) is 14.8. The van der Waals surface area contributed by atoms with Crippen LogP contribution in [-0.4, -0.2) is 22.8 Å². The zero-order valence-electron chi connectivity index (χ0n) is 14.5. The Kier molecular flexibility index (Phi) is 5.17. The molecule has 130 valence electrons. The van der Waals surface area contributed by atoms with Crippen LogP contribution >= 0.6 is 0 Å². The van der Waals surface area contributed by atoms with Crippen LogP contribution in [0.25, 0.3) is 0 Å². The van der Waals surface area contributed by atoms with E-state index in [4.69, 9.17) is 5.73 Å². The Morgan fingerprint density at radius 3 is 2.28 bits per heavy atom. The molecule has 25 heavy (non-hydrogen) atoms. The molecule has 0 radical (unpaired) electrons. The van der Waals surface area contributed by atoms with Crippen molar-refractivity contribution in [1.29, 1.82) is 0 Å². The molecule has 4 heteroatoms. The third kappa shape index (κ3) is 4.47. The Morgan fingerprint density at radius 2 is 1.72 bits per heavy atom. The fourth-order valence-electron chi connectivity index (χ4n) is 3.06. The van der Waals surface area contributed by atoms with Gasteiger partial charge in [0.25, 0.3) is 0 Å². The van der Waals surface area contributed by atoms with E-state index in [1.807, 2.05) is 35.2 Å². The van der Waals surface area contributed by atoms with E-state index >= 15 is 0 Å². The highest BCUT2D eigenvalue weighted by Gasteiger charge is 2.33. The Labute approximate surface area is 148 Å². The Hall–Kier alpha value is -2.62. The van der Waals surface area contributed by atoms with Crippen molar-refractivity contribution in [2.45, 2.75) is 44.7 Å². The molecule has 0 bridgehead atoms. The number of nitrogens with zero attached hydrogens (tertiary/aromatic N) is 1. The first-order valence-electron chi connectivity index (χ1n) is 8.77. The van der Waals surface area contributed by atoms with Gasteiger partial charge in [-0.25, -0.2) is 0 Å². The maximum Gasteiger partial charge on any atom is 0.248 e. The average molecular weight is 336 g/mol. The molecule has 0 spiro atoms. The molecule has 3 rings (SSSR count). The number of benzene rings is 2. The second-order valence-electron chi connectivity index (χ2n) is 6.83. The molecule has 1 saturated carbocycles. The molecule has 2 aromatic carbocycles. The topological polar surface area (TPSA) is 63.4 Å². The van der Waals surface area contributed by atoms with Crippen LogP contribution in [-0.2, 0) is 11.3 Å². The van der Waals surface area contributed by atoms with Gasteiger partial charge in [0.05, 0.1) is 0 Å². The predicted octanol–water partition coefficient (Wildman–Crippen LogP) is 3.47. The van der Waals surface area contributed by atoms with Gasteiger partial charge in [0.1, 0.15) is 0 Å². The number of rotatable bonds is 7. The Bertz CT molecular complexity index is 736. The number of primary amides is 1. The maximum absolute atomic E-state index is 12.8. The molecule has 1 fully saturated rings. The molecule has 1 unspecified atom stereocenters. The molecule has 2 aromatic rings. The zero-order chi connectivity index (χ0) is 17.8. The van der Waals surface area contributed by atoms with Crippen molar-refractivity contribution in [1.82, 2.24) is 4.90 Å². The number of carbonyl (C=O) groups is 2. The van der Waals surface area contributed by atoms with Gasteiger partial charge in [0, 0.05) is 24.6 Å². The number of amides is 2. The first-order valence-corrected chi connectivity index (χ1v) is 8.77. The molecular formula is C21H24N2O2. The molecule has 0 heterocycles. The molecule has 2 N–H and O–H groups in total. The van der Waals surface area contributed by atoms with Gasteiger partial charge in [0.15, 0.2) is 0 Å². The van der Waals surface area contributed by atoms with Gasteiger partial charge in [0.2, 0.25) is 11.8 Å².